The van der Waals surface area contributed by atoms with Gasteiger partial charge in [0, 0.05) is 12.6 Å². The Kier molecular flexibility index (Phi) is 4.17. The molecule has 21 heavy (non-hydrogen) atoms. The summed E-state index contributed by atoms with van der Waals surface area (Å²) in [5, 5.41) is 2.89. The molecular weight excluding hydrogens is 276 g/mol. The minimum Gasteiger partial charge on any atom is -0.332 e. The van der Waals surface area contributed by atoms with Crippen LogP contribution in [0.5, 0.6) is 0 Å². The van der Waals surface area contributed by atoms with E-state index in [0.717, 1.165) is 5.01 Å². The molecule has 5 amide bonds. The van der Waals surface area contributed by atoms with E-state index in [4.69, 9.17) is 0 Å². The Morgan fingerprint density at radius 3 is 2.52 bits per heavy atom. The zero-order chi connectivity index (χ0) is 15.4. The molecule has 2 N–H and O–H groups in total. The van der Waals surface area contributed by atoms with Crippen molar-refractivity contribution in [3.8, 4) is 0 Å². The van der Waals surface area contributed by atoms with Gasteiger partial charge in [0.05, 0.1) is 0 Å². The summed E-state index contributed by atoms with van der Waals surface area (Å²) in [5.74, 6) is -1.37. The maximum Gasteiger partial charge on any atom is 0.343 e. The Hall–Kier alpha value is -2.90. The summed E-state index contributed by atoms with van der Waals surface area (Å²) in [6.07, 6.45) is 0. The zero-order valence-corrected chi connectivity index (χ0v) is 11.3. The van der Waals surface area contributed by atoms with Gasteiger partial charge in [0.1, 0.15) is 13.1 Å². The minimum absolute atomic E-state index is 0.230. The van der Waals surface area contributed by atoms with Gasteiger partial charge in [-0.25, -0.2) is 9.80 Å². The monoisotopic (exact) mass is 290 g/mol. The number of nitrogens with one attached hydrogen (secondary N) is 2. The predicted octanol–water partition coefficient (Wildman–Crippen LogP) is -0.658. The van der Waals surface area contributed by atoms with Crippen LogP contribution < -0.4 is 10.7 Å². The van der Waals surface area contributed by atoms with Crippen LogP contribution in [0.2, 0.25) is 0 Å². The first-order valence-corrected chi connectivity index (χ1v) is 6.18. The molecule has 8 heteroatoms. The molecule has 8 nitrogen and oxygen atoms in total. The van der Waals surface area contributed by atoms with Crippen molar-refractivity contribution in [2.24, 2.45) is 0 Å². The SMILES string of the molecule is CN(CC(=O)NN1CC(=O)NC1=O)C(=O)c1ccccc1. The van der Waals surface area contributed by atoms with Crippen molar-refractivity contribution in [1.29, 1.82) is 0 Å². The molecule has 1 aromatic carbocycles. The quantitative estimate of drug-likeness (QED) is 0.719. The Balaban J connectivity index is 1.89. The van der Waals surface area contributed by atoms with Crippen molar-refractivity contribution < 1.29 is 19.2 Å². The van der Waals surface area contributed by atoms with E-state index < -0.39 is 17.8 Å². The first kappa shape index (κ1) is 14.5. The summed E-state index contributed by atoms with van der Waals surface area (Å²) < 4.78 is 0. The summed E-state index contributed by atoms with van der Waals surface area (Å²) in [7, 11) is 1.48. The van der Waals surface area contributed by atoms with Gasteiger partial charge in [-0.2, -0.15) is 0 Å². The Morgan fingerprint density at radius 1 is 1.29 bits per heavy atom. The molecule has 0 radical (unpaired) electrons. The Morgan fingerprint density at radius 2 is 1.95 bits per heavy atom. The second-order valence-corrected chi connectivity index (χ2v) is 4.50. The summed E-state index contributed by atoms with van der Waals surface area (Å²) >= 11 is 0. The van der Waals surface area contributed by atoms with Crippen molar-refractivity contribution in [3.05, 3.63) is 35.9 Å². The molecule has 0 saturated carbocycles. The lowest BCUT2D eigenvalue weighted by atomic mass is 10.2. The van der Waals surface area contributed by atoms with Gasteiger partial charge in [0.25, 0.3) is 11.8 Å². The first-order chi connectivity index (χ1) is 9.97. The van der Waals surface area contributed by atoms with Crippen LogP contribution in [0.1, 0.15) is 10.4 Å². The third-order valence-corrected chi connectivity index (χ3v) is 2.80. The van der Waals surface area contributed by atoms with Gasteiger partial charge in [-0.15, -0.1) is 0 Å². The van der Waals surface area contributed by atoms with E-state index in [1.165, 1.54) is 11.9 Å². The maximum absolute atomic E-state index is 12.0. The number of benzene rings is 1. The number of likely N-dealkylation sites (N-methyl/N-ethyl adjacent to an activating group) is 1. The van der Waals surface area contributed by atoms with E-state index in [9.17, 15) is 19.2 Å². The van der Waals surface area contributed by atoms with E-state index in [1.54, 1.807) is 30.3 Å². The van der Waals surface area contributed by atoms with E-state index in [-0.39, 0.29) is 19.0 Å². The summed E-state index contributed by atoms with van der Waals surface area (Å²) in [6, 6.07) is 7.83. The smallest absolute Gasteiger partial charge is 0.332 e. The van der Waals surface area contributed by atoms with Gasteiger partial charge in [0.2, 0.25) is 5.91 Å². The number of carbonyl (C=O) groups is 4. The number of rotatable bonds is 4. The van der Waals surface area contributed by atoms with E-state index >= 15 is 0 Å². The van der Waals surface area contributed by atoms with Crippen LogP contribution in [0.3, 0.4) is 0 Å². The van der Waals surface area contributed by atoms with Crippen LogP contribution >= 0.6 is 0 Å². The van der Waals surface area contributed by atoms with E-state index in [0.29, 0.717) is 5.56 Å². The molecule has 1 saturated heterocycles. The molecule has 1 aliphatic rings. The van der Waals surface area contributed by atoms with Crippen LogP contribution in [0.4, 0.5) is 4.79 Å². The molecule has 0 unspecified atom stereocenters. The predicted molar refractivity (Wildman–Crippen MR) is 71.8 cm³/mol. The fraction of sp³-hybridized carbons (Fsp3) is 0.231. The highest BCUT2D eigenvalue weighted by Gasteiger charge is 2.28. The number of hydrogen-bond donors (Lipinski definition) is 2. The molecule has 1 aromatic rings. The molecule has 0 aliphatic carbocycles. The van der Waals surface area contributed by atoms with E-state index in [2.05, 4.69) is 5.43 Å². The lowest BCUT2D eigenvalue weighted by Crippen LogP contribution is -2.48. The van der Waals surface area contributed by atoms with Crippen molar-refractivity contribution in [1.82, 2.24) is 20.7 Å². The summed E-state index contributed by atoms with van der Waals surface area (Å²) in [4.78, 5) is 47.2. The topological polar surface area (TPSA) is 98.8 Å². The zero-order valence-electron chi connectivity index (χ0n) is 11.3. The number of amides is 5. The number of hydrazine groups is 1. The molecule has 0 atom stereocenters. The van der Waals surface area contributed by atoms with Gasteiger partial charge in [-0.05, 0) is 12.1 Å². The number of imide groups is 1. The lowest BCUT2D eigenvalue weighted by Gasteiger charge is -2.19. The van der Waals surface area contributed by atoms with Crippen molar-refractivity contribution in [3.63, 3.8) is 0 Å². The number of hydrogen-bond acceptors (Lipinski definition) is 4. The van der Waals surface area contributed by atoms with Crippen molar-refractivity contribution in [2.75, 3.05) is 20.1 Å². The minimum atomic E-state index is -0.689. The summed E-state index contributed by atoms with van der Waals surface area (Å²) in [5.41, 5.74) is 2.72. The molecule has 0 spiro atoms. The molecule has 2 rings (SSSR count). The highest BCUT2D eigenvalue weighted by molar-refractivity contribution is 6.03. The van der Waals surface area contributed by atoms with Crippen LogP contribution in [0, 0.1) is 0 Å². The Bertz CT molecular complexity index is 587. The van der Waals surface area contributed by atoms with E-state index in [1.807, 2.05) is 5.32 Å². The molecule has 0 bridgehead atoms. The molecule has 1 aliphatic heterocycles. The summed E-state index contributed by atoms with van der Waals surface area (Å²) in [6.45, 7) is -0.466. The standard InChI is InChI=1S/C13H14N4O4/c1-16(12(20)9-5-3-2-4-6-9)7-11(19)15-17-8-10(18)14-13(17)21/h2-6H,7-8H2,1H3,(H,15,19)(H,14,18,21). The molecule has 1 fully saturated rings. The molecule has 0 aromatic heterocycles. The fourth-order valence-electron chi connectivity index (χ4n) is 1.81. The second-order valence-electron chi connectivity index (χ2n) is 4.50. The van der Waals surface area contributed by atoms with Crippen LogP contribution in [0.25, 0.3) is 0 Å². The average molecular weight is 290 g/mol. The Labute approximate surface area is 120 Å². The maximum atomic E-state index is 12.0. The van der Waals surface area contributed by atoms with Crippen molar-refractivity contribution in [2.45, 2.75) is 0 Å². The molecule has 1 heterocycles. The number of carbonyl (C=O) groups excluding carboxylic acids is 4. The van der Waals surface area contributed by atoms with Gasteiger partial charge in [-0.1, -0.05) is 18.2 Å². The number of urea groups is 1. The van der Waals surface area contributed by atoms with Gasteiger partial charge < -0.3 is 4.90 Å². The first-order valence-electron chi connectivity index (χ1n) is 6.18. The molecular formula is C13H14N4O4. The lowest BCUT2D eigenvalue weighted by molar-refractivity contribution is -0.125. The number of nitrogens with zero attached hydrogens (tertiary/aromatic N) is 2. The normalized spacial score (nSPS) is 13.9. The van der Waals surface area contributed by atoms with Crippen LogP contribution in [0.15, 0.2) is 30.3 Å². The van der Waals surface area contributed by atoms with Crippen LogP contribution in [-0.2, 0) is 9.59 Å². The second kappa shape index (κ2) is 6.04. The largest absolute Gasteiger partial charge is 0.343 e. The highest BCUT2D eigenvalue weighted by Crippen LogP contribution is 2.03. The van der Waals surface area contributed by atoms with Gasteiger partial charge in [-0.3, -0.25) is 25.1 Å². The fourth-order valence-corrected chi connectivity index (χ4v) is 1.81. The highest BCUT2D eigenvalue weighted by atomic mass is 16.2. The third-order valence-electron chi connectivity index (χ3n) is 2.80. The van der Waals surface area contributed by atoms with Gasteiger partial charge in [0.15, 0.2) is 0 Å². The third kappa shape index (κ3) is 3.56. The van der Waals surface area contributed by atoms with Crippen molar-refractivity contribution >= 4 is 23.8 Å². The van der Waals surface area contributed by atoms with Gasteiger partial charge >= 0.3 is 6.03 Å². The average Bonchev–Trinajstić information content (AvgIpc) is 2.76. The van der Waals surface area contributed by atoms with Crippen LogP contribution in [-0.4, -0.2) is 53.8 Å². The molecule has 110 valence electrons.